The third kappa shape index (κ3) is 1.50. The zero-order valence-electron chi connectivity index (χ0n) is 8.76. The van der Waals surface area contributed by atoms with Gasteiger partial charge in [0.05, 0.1) is 10.7 Å². The Hall–Kier alpha value is -0.690. The zero-order valence-corrected chi connectivity index (χ0v) is 9.51. The van der Waals surface area contributed by atoms with Crippen LogP contribution in [0.1, 0.15) is 25.8 Å². The minimum absolute atomic E-state index is 0.594. The monoisotopic (exact) mass is 209 g/mol. The fourth-order valence-corrected chi connectivity index (χ4v) is 2.40. The Labute approximate surface area is 90.7 Å². The fraction of sp³-hybridized carbons (Fsp3) is 0.500. The predicted molar refractivity (Wildman–Crippen MR) is 62.3 cm³/mol. The standard InChI is InChI=1S/C12H16ClN/c1-3-9(2)14-8-7-10-5-4-6-11(13)12(10)14/h4-6,9H,3,7-8H2,1-2H3. The fourth-order valence-electron chi connectivity index (χ4n) is 2.10. The number of nitrogens with zero attached hydrogens (tertiary/aromatic N) is 1. The lowest BCUT2D eigenvalue weighted by Crippen LogP contribution is -2.30. The molecule has 0 radical (unpaired) electrons. The van der Waals surface area contributed by atoms with Crippen LogP contribution in [0.4, 0.5) is 5.69 Å². The average molecular weight is 210 g/mol. The highest BCUT2D eigenvalue weighted by Crippen LogP contribution is 2.36. The van der Waals surface area contributed by atoms with Crippen LogP contribution in [0.5, 0.6) is 0 Å². The number of halogens is 1. The Balaban J connectivity index is 2.38. The second-order valence-electron chi connectivity index (χ2n) is 3.95. The maximum Gasteiger partial charge on any atom is 0.0642 e. The van der Waals surface area contributed by atoms with E-state index in [1.807, 2.05) is 12.1 Å². The first-order chi connectivity index (χ1) is 6.74. The molecule has 2 rings (SSSR count). The van der Waals surface area contributed by atoms with E-state index in [2.05, 4.69) is 24.8 Å². The molecule has 1 aromatic carbocycles. The summed E-state index contributed by atoms with van der Waals surface area (Å²) >= 11 is 6.22. The Morgan fingerprint density at radius 1 is 1.50 bits per heavy atom. The highest BCUT2D eigenvalue weighted by molar-refractivity contribution is 6.33. The van der Waals surface area contributed by atoms with Crippen LogP contribution >= 0.6 is 11.6 Å². The molecule has 1 aliphatic heterocycles. The number of hydrogen-bond acceptors (Lipinski definition) is 1. The van der Waals surface area contributed by atoms with Crippen LogP contribution in [0.2, 0.25) is 5.02 Å². The molecule has 0 amide bonds. The molecule has 0 fully saturated rings. The lowest BCUT2D eigenvalue weighted by Gasteiger charge is -2.27. The summed E-state index contributed by atoms with van der Waals surface area (Å²) in [7, 11) is 0. The van der Waals surface area contributed by atoms with Gasteiger partial charge in [-0.1, -0.05) is 30.7 Å². The van der Waals surface area contributed by atoms with Gasteiger partial charge in [-0.15, -0.1) is 0 Å². The van der Waals surface area contributed by atoms with E-state index in [9.17, 15) is 0 Å². The van der Waals surface area contributed by atoms with Gasteiger partial charge in [0.25, 0.3) is 0 Å². The van der Waals surface area contributed by atoms with E-state index in [0.29, 0.717) is 6.04 Å². The summed E-state index contributed by atoms with van der Waals surface area (Å²) in [5.74, 6) is 0. The van der Waals surface area contributed by atoms with Gasteiger partial charge < -0.3 is 4.90 Å². The highest BCUT2D eigenvalue weighted by Gasteiger charge is 2.24. The van der Waals surface area contributed by atoms with Crippen molar-refractivity contribution in [2.24, 2.45) is 0 Å². The molecule has 1 atom stereocenters. The molecule has 1 aliphatic rings. The van der Waals surface area contributed by atoms with Gasteiger partial charge in [0.1, 0.15) is 0 Å². The smallest absolute Gasteiger partial charge is 0.0642 e. The molecule has 0 saturated carbocycles. The van der Waals surface area contributed by atoms with E-state index in [-0.39, 0.29) is 0 Å². The van der Waals surface area contributed by atoms with Gasteiger partial charge in [0, 0.05) is 12.6 Å². The van der Waals surface area contributed by atoms with Crippen LogP contribution in [0.15, 0.2) is 18.2 Å². The van der Waals surface area contributed by atoms with E-state index in [4.69, 9.17) is 11.6 Å². The molecular weight excluding hydrogens is 194 g/mol. The number of hydrogen-bond donors (Lipinski definition) is 0. The van der Waals surface area contributed by atoms with Crippen LogP contribution < -0.4 is 4.90 Å². The van der Waals surface area contributed by atoms with Gasteiger partial charge in [-0.05, 0) is 31.4 Å². The lowest BCUT2D eigenvalue weighted by molar-refractivity contribution is 0.635. The van der Waals surface area contributed by atoms with Crippen LogP contribution in [-0.4, -0.2) is 12.6 Å². The van der Waals surface area contributed by atoms with Gasteiger partial charge in [-0.2, -0.15) is 0 Å². The highest BCUT2D eigenvalue weighted by atomic mass is 35.5. The van der Waals surface area contributed by atoms with Crippen molar-refractivity contribution in [1.29, 1.82) is 0 Å². The summed E-state index contributed by atoms with van der Waals surface area (Å²) in [6.07, 6.45) is 2.31. The third-order valence-electron chi connectivity index (χ3n) is 3.10. The minimum atomic E-state index is 0.594. The molecule has 0 saturated heterocycles. The molecular formula is C12H16ClN. The molecule has 0 bridgehead atoms. The summed E-state index contributed by atoms with van der Waals surface area (Å²) in [5, 5.41) is 0.903. The van der Waals surface area contributed by atoms with Gasteiger partial charge in [0.2, 0.25) is 0 Å². The second-order valence-corrected chi connectivity index (χ2v) is 4.36. The Morgan fingerprint density at radius 3 is 3.00 bits per heavy atom. The number of para-hydroxylation sites is 1. The summed E-state index contributed by atoms with van der Waals surface area (Å²) in [5.41, 5.74) is 2.67. The second kappa shape index (κ2) is 3.82. The van der Waals surface area contributed by atoms with Crippen molar-refractivity contribution < 1.29 is 0 Å². The molecule has 0 spiro atoms. The molecule has 1 heterocycles. The van der Waals surface area contributed by atoms with Crippen LogP contribution in [0.3, 0.4) is 0 Å². The largest absolute Gasteiger partial charge is 0.367 e. The Morgan fingerprint density at radius 2 is 2.29 bits per heavy atom. The molecule has 2 heteroatoms. The third-order valence-corrected chi connectivity index (χ3v) is 3.41. The maximum absolute atomic E-state index is 6.22. The molecule has 14 heavy (non-hydrogen) atoms. The first-order valence-corrected chi connectivity index (χ1v) is 5.66. The van der Waals surface area contributed by atoms with Gasteiger partial charge in [-0.25, -0.2) is 0 Å². The SMILES string of the molecule is CCC(C)N1CCc2cccc(Cl)c21. The van der Waals surface area contributed by atoms with Crippen molar-refractivity contribution in [2.45, 2.75) is 32.7 Å². The van der Waals surface area contributed by atoms with E-state index in [1.165, 1.54) is 17.7 Å². The summed E-state index contributed by atoms with van der Waals surface area (Å²) in [6.45, 7) is 5.60. The number of fused-ring (bicyclic) bond motifs is 1. The minimum Gasteiger partial charge on any atom is -0.367 e. The van der Waals surface area contributed by atoms with Crippen LogP contribution in [0, 0.1) is 0 Å². The normalized spacial score (nSPS) is 16.9. The quantitative estimate of drug-likeness (QED) is 0.721. The molecule has 1 nitrogen and oxygen atoms in total. The van der Waals surface area contributed by atoms with E-state index in [1.54, 1.807) is 0 Å². The summed E-state index contributed by atoms with van der Waals surface area (Å²) < 4.78 is 0. The van der Waals surface area contributed by atoms with Crippen molar-refractivity contribution in [3.63, 3.8) is 0 Å². The molecule has 76 valence electrons. The predicted octanol–water partition coefficient (Wildman–Crippen LogP) is 3.50. The Bertz CT molecular complexity index is 335. The maximum atomic E-state index is 6.22. The molecule has 1 aromatic rings. The van der Waals surface area contributed by atoms with Gasteiger partial charge >= 0.3 is 0 Å². The first kappa shape index (κ1) is 9.85. The number of anilines is 1. The molecule has 0 N–H and O–H groups in total. The van der Waals surface area contributed by atoms with E-state index in [0.717, 1.165) is 18.0 Å². The van der Waals surface area contributed by atoms with Crippen LogP contribution in [0.25, 0.3) is 0 Å². The summed E-state index contributed by atoms with van der Waals surface area (Å²) in [6, 6.07) is 6.81. The van der Waals surface area contributed by atoms with Crippen LogP contribution in [-0.2, 0) is 6.42 Å². The zero-order chi connectivity index (χ0) is 10.1. The number of rotatable bonds is 2. The average Bonchev–Trinajstić information content (AvgIpc) is 2.62. The topological polar surface area (TPSA) is 3.24 Å². The van der Waals surface area contributed by atoms with Crippen molar-refractivity contribution in [1.82, 2.24) is 0 Å². The molecule has 1 unspecified atom stereocenters. The lowest BCUT2D eigenvalue weighted by atomic mass is 10.1. The summed E-state index contributed by atoms with van der Waals surface area (Å²) in [4.78, 5) is 2.43. The Kier molecular flexibility index (Phi) is 2.69. The van der Waals surface area contributed by atoms with Crippen molar-refractivity contribution >= 4 is 17.3 Å². The molecule has 0 aromatic heterocycles. The first-order valence-electron chi connectivity index (χ1n) is 5.28. The molecule has 0 aliphatic carbocycles. The van der Waals surface area contributed by atoms with Crippen molar-refractivity contribution in [3.8, 4) is 0 Å². The van der Waals surface area contributed by atoms with Crippen molar-refractivity contribution in [2.75, 3.05) is 11.4 Å². The van der Waals surface area contributed by atoms with Gasteiger partial charge in [-0.3, -0.25) is 0 Å². The van der Waals surface area contributed by atoms with E-state index >= 15 is 0 Å². The van der Waals surface area contributed by atoms with Crippen molar-refractivity contribution in [3.05, 3.63) is 28.8 Å². The van der Waals surface area contributed by atoms with Gasteiger partial charge in [0.15, 0.2) is 0 Å². The number of benzene rings is 1. The van der Waals surface area contributed by atoms with E-state index < -0.39 is 0 Å².